The number of halogens is 1. The number of rotatable bonds is 3. The number of hydrogen-bond acceptors (Lipinski definition) is 4. The van der Waals surface area contributed by atoms with Crippen molar-refractivity contribution in [2.24, 2.45) is 0 Å². The van der Waals surface area contributed by atoms with E-state index in [2.05, 4.69) is 4.98 Å². The Hall–Kier alpha value is -0.810. The highest BCUT2D eigenvalue weighted by Crippen LogP contribution is 2.30. The molecule has 0 spiro atoms. The first kappa shape index (κ1) is 9.73. The van der Waals surface area contributed by atoms with Crippen LogP contribution in [0.15, 0.2) is 17.3 Å². The molecule has 1 aliphatic heterocycles. The van der Waals surface area contributed by atoms with E-state index in [4.69, 9.17) is 9.47 Å². The minimum Gasteiger partial charge on any atom is -0.481 e. The molecule has 0 bridgehead atoms. The Kier molecular flexibility index (Phi) is 2.88. The van der Waals surface area contributed by atoms with Crippen LogP contribution in [0, 0.1) is 5.82 Å². The van der Waals surface area contributed by atoms with Gasteiger partial charge in [-0.25, -0.2) is 4.39 Å². The van der Waals surface area contributed by atoms with Gasteiger partial charge in [0, 0.05) is 6.20 Å². The molecule has 0 unspecified atom stereocenters. The van der Waals surface area contributed by atoms with E-state index in [1.165, 1.54) is 11.8 Å². The molecule has 1 aliphatic rings. The van der Waals surface area contributed by atoms with Gasteiger partial charge in [0.05, 0.1) is 24.3 Å². The summed E-state index contributed by atoms with van der Waals surface area (Å²) in [6.07, 6.45) is 4.61. The van der Waals surface area contributed by atoms with E-state index in [0.29, 0.717) is 19.0 Å². The first-order valence-electron chi connectivity index (χ1n) is 4.23. The SMILES string of the molecule is CSc1cncc(F)c1OC1COC1. The highest BCUT2D eigenvalue weighted by atomic mass is 32.2. The zero-order chi connectivity index (χ0) is 9.97. The second kappa shape index (κ2) is 4.14. The molecule has 0 aromatic carbocycles. The van der Waals surface area contributed by atoms with Gasteiger partial charge in [-0.3, -0.25) is 4.98 Å². The lowest BCUT2D eigenvalue weighted by Crippen LogP contribution is -2.38. The van der Waals surface area contributed by atoms with Crippen molar-refractivity contribution in [2.75, 3.05) is 19.5 Å². The Balaban J connectivity index is 2.19. The van der Waals surface area contributed by atoms with Gasteiger partial charge in [-0.1, -0.05) is 0 Å². The van der Waals surface area contributed by atoms with Gasteiger partial charge in [0.25, 0.3) is 0 Å². The molecule has 0 atom stereocenters. The molecular formula is C9H10FNO2S. The number of thioether (sulfide) groups is 1. The maximum absolute atomic E-state index is 13.3. The normalized spacial score (nSPS) is 16.4. The first-order chi connectivity index (χ1) is 6.81. The average Bonchev–Trinajstić information content (AvgIpc) is 2.12. The van der Waals surface area contributed by atoms with E-state index in [1.54, 1.807) is 6.20 Å². The van der Waals surface area contributed by atoms with E-state index >= 15 is 0 Å². The summed E-state index contributed by atoms with van der Waals surface area (Å²) in [6, 6.07) is 0. The number of ether oxygens (including phenoxy) is 2. The molecule has 0 radical (unpaired) electrons. The zero-order valence-corrected chi connectivity index (χ0v) is 8.51. The molecule has 3 nitrogen and oxygen atoms in total. The number of pyridine rings is 1. The van der Waals surface area contributed by atoms with E-state index in [1.807, 2.05) is 6.26 Å². The predicted octanol–water partition coefficient (Wildman–Crippen LogP) is 1.72. The van der Waals surface area contributed by atoms with Crippen molar-refractivity contribution in [1.29, 1.82) is 0 Å². The largest absolute Gasteiger partial charge is 0.481 e. The van der Waals surface area contributed by atoms with Crippen LogP contribution in [0.3, 0.4) is 0 Å². The summed E-state index contributed by atoms with van der Waals surface area (Å²) in [5.74, 6) is -0.121. The molecule has 14 heavy (non-hydrogen) atoms. The van der Waals surface area contributed by atoms with Crippen molar-refractivity contribution in [2.45, 2.75) is 11.0 Å². The fourth-order valence-corrected chi connectivity index (χ4v) is 1.61. The summed E-state index contributed by atoms with van der Waals surface area (Å²) in [4.78, 5) is 4.48. The van der Waals surface area contributed by atoms with Gasteiger partial charge in [0.15, 0.2) is 11.6 Å². The predicted molar refractivity (Wildman–Crippen MR) is 51.2 cm³/mol. The Morgan fingerprint density at radius 3 is 2.93 bits per heavy atom. The fraction of sp³-hybridized carbons (Fsp3) is 0.444. The van der Waals surface area contributed by atoms with Gasteiger partial charge in [-0.15, -0.1) is 11.8 Å². The van der Waals surface area contributed by atoms with Crippen LogP contribution in [0.5, 0.6) is 5.75 Å². The highest BCUT2D eigenvalue weighted by Gasteiger charge is 2.23. The summed E-state index contributed by atoms with van der Waals surface area (Å²) in [7, 11) is 0. The van der Waals surface area contributed by atoms with Crippen LogP contribution in [-0.2, 0) is 4.74 Å². The second-order valence-electron chi connectivity index (χ2n) is 2.93. The fourth-order valence-electron chi connectivity index (χ4n) is 1.11. The average molecular weight is 215 g/mol. The van der Waals surface area contributed by atoms with Crippen molar-refractivity contribution < 1.29 is 13.9 Å². The Morgan fingerprint density at radius 1 is 1.57 bits per heavy atom. The lowest BCUT2D eigenvalue weighted by molar-refractivity contribution is -0.0820. The third-order valence-electron chi connectivity index (χ3n) is 1.93. The summed E-state index contributed by atoms with van der Waals surface area (Å²) < 4.78 is 23.7. The number of aromatic nitrogens is 1. The van der Waals surface area contributed by atoms with Crippen LogP contribution in [0.2, 0.25) is 0 Å². The van der Waals surface area contributed by atoms with Gasteiger partial charge in [-0.2, -0.15) is 0 Å². The van der Waals surface area contributed by atoms with Crippen LogP contribution >= 0.6 is 11.8 Å². The second-order valence-corrected chi connectivity index (χ2v) is 3.78. The van der Waals surface area contributed by atoms with Gasteiger partial charge in [0.2, 0.25) is 0 Å². The molecule has 5 heteroatoms. The molecule has 0 amide bonds. The molecular weight excluding hydrogens is 205 g/mol. The van der Waals surface area contributed by atoms with Gasteiger partial charge >= 0.3 is 0 Å². The van der Waals surface area contributed by atoms with Gasteiger partial charge in [-0.05, 0) is 6.26 Å². The molecule has 0 N–H and O–H groups in total. The third kappa shape index (κ3) is 1.83. The van der Waals surface area contributed by atoms with Gasteiger partial charge in [0.1, 0.15) is 6.10 Å². The monoisotopic (exact) mass is 215 g/mol. The lowest BCUT2D eigenvalue weighted by Gasteiger charge is -2.27. The Labute approximate surface area is 85.6 Å². The number of hydrogen-bond donors (Lipinski definition) is 0. The van der Waals surface area contributed by atoms with Crippen LogP contribution in [0.1, 0.15) is 0 Å². The quantitative estimate of drug-likeness (QED) is 0.718. The van der Waals surface area contributed by atoms with Crippen LogP contribution < -0.4 is 4.74 Å². The maximum Gasteiger partial charge on any atom is 0.184 e. The molecule has 0 aliphatic carbocycles. The molecule has 2 rings (SSSR count). The minimum absolute atomic E-state index is 0.0159. The summed E-state index contributed by atoms with van der Waals surface area (Å²) >= 11 is 1.42. The van der Waals surface area contributed by atoms with E-state index < -0.39 is 5.82 Å². The van der Waals surface area contributed by atoms with Crippen molar-refractivity contribution in [3.63, 3.8) is 0 Å². The molecule has 2 heterocycles. The topological polar surface area (TPSA) is 31.4 Å². The van der Waals surface area contributed by atoms with E-state index in [0.717, 1.165) is 11.1 Å². The molecule has 1 aromatic rings. The lowest BCUT2D eigenvalue weighted by atomic mass is 10.3. The Bertz CT molecular complexity index is 331. The van der Waals surface area contributed by atoms with Crippen LogP contribution in [0.25, 0.3) is 0 Å². The first-order valence-corrected chi connectivity index (χ1v) is 5.45. The maximum atomic E-state index is 13.3. The molecule has 0 saturated carbocycles. The van der Waals surface area contributed by atoms with E-state index in [9.17, 15) is 4.39 Å². The Morgan fingerprint density at radius 2 is 2.36 bits per heavy atom. The van der Waals surface area contributed by atoms with Crippen molar-refractivity contribution in [1.82, 2.24) is 4.98 Å². The standard InChI is InChI=1S/C9H10FNO2S/c1-14-8-3-11-2-7(10)9(8)13-6-4-12-5-6/h2-3,6H,4-5H2,1H3. The molecule has 1 fully saturated rings. The van der Waals surface area contributed by atoms with E-state index in [-0.39, 0.29) is 6.10 Å². The number of nitrogens with zero attached hydrogens (tertiary/aromatic N) is 1. The van der Waals surface area contributed by atoms with Crippen LogP contribution in [-0.4, -0.2) is 30.6 Å². The third-order valence-corrected chi connectivity index (χ3v) is 2.66. The van der Waals surface area contributed by atoms with Crippen molar-refractivity contribution >= 4 is 11.8 Å². The highest BCUT2D eigenvalue weighted by molar-refractivity contribution is 7.98. The van der Waals surface area contributed by atoms with Gasteiger partial charge < -0.3 is 9.47 Å². The van der Waals surface area contributed by atoms with Crippen molar-refractivity contribution in [3.05, 3.63) is 18.2 Å². The zero-order valence-electron chi connectivity index (χ0n) is 7.70. The minimum atomic E-state index is -0.413. The smallest absolute Gasteiger partial charge is 0.184 e. The van der Waals surface area contributed by atoms with Crippen LogP contribution in [0.4, 0.5) is 4.39 Å². The molecule has 1 saturated heterocycles. The summed E-state index contributed by atoms with van der Waals surface area (Å²) in [5.41, 5.74) is 0. The molecule has 76 valence electrons. The molecule has 1 aromatic heterocycles. The summed E-state index contributed by atoms with van der Waals surface area (Å²) in [6.45, 7) is 1.07. The summed E-state index contributed by atoms with van der Waals surface area (Å²) in [5, 5.41) is 0. The van der Waals surface area contributed by atoms with Crippen molar-refractivity contribution in [3.8, 4) is 5.75 Å².